The second kappa shape index (κ2) is 46.8. The summed E-state index contributed by atoms with van der Waals surface area (Å²) in [5.74, 6) is -1.94. The summed E-state index contributed by atoms with van der Waals surface area (Å²) in [5, 5.41) is 168. The molecule has 0 aromatic carbocycles. The molecular weight excluding hydrogens is 1490 g/mol. The maximum Gasteiger partial charge on any atom is 0.217 e. The summed E-state index contributed by atoms with van der Waals surface area (Å²) in [6, 6.07) is -4.48. The van der Waals surface area contributed by atoms with Crippen LogP contribution in [0.2, 0.25) is 0 Å². The van der Waals surface area contributed by atoms with Crippen LogP contribution >= 0.6 is 0 Å². The Balaban J connectivity index is 0.872. The molecule has 0 spiro atoms. The van der Waals surface area contributed by atoms with Crippen LogP contribution in [-0.2, 0) is 128 Å². The molecule has 4 aliphatic heterocycles. The molecule has 0 aliphatic carbocycles. The Morgan fingerprint density at radius 2 is 0.652 bits per heavy atom. The van der Waals surface area contributed by atoms with Crippen LogP contribution in [0.1, 0.15) is 76.7 Å². The largest absolute Gasteiger partial charge is 0.394 e. The molecule has 46 heteroatoms. The molecule has 4 amide bonds. The van der Waals surface area contributed by atoms with E-state index in [4.69, 9.17) is 56.8 Å². The Kier molecular flexibility index (Phi) is 38.0. The van der Waals surface area contributed by atoms with Crippen LogP contribution in [0.3, 0.4) is 0 Å². The number of ether oxygens (including phenoxy) is 12. The number of carbonyl (C=O) groups excluding carboxylic acids is 4. The third-order valence-electron chi connectivity index (χ3n) is 18.7. The molecule has 0 radical (unpaired) electrons. The molecule has 1 unspecified atom stereocenters. The van der Waals surface area contributed by atoms with E-state index in [0.717, 1.165) is 19.3 Å². The maximum atomic E-state index is 11.9. The van der Waals surface area contributed by atoms with Crippen molar-refractivity contribution in [1.29, 1.82) is 0 Å². The van der Waals surface area contributed by atoms with Crippen LogP contribution in [-0.4, -0.2) is 396 Å². The predicted molar refractivity (Wildman–Crippen MR) is 375 cm³/mol. The lowest BCUT2D eigenvalue weighted by Gasteiger charge is -2.42. The molecule has 0 saturated carbocycles. The van der Waals surface area contributed by atoms with Crippen LogP contribution in [0.4, 0.5) is 0 Å². The Hall–Kier alpha value is -6.60. The summed E-state index contributed by atoms with van der Waals surface area (Å²) >= 11 is 0. The van der Waals surface area contributed by atoms with E-state index in [1.165, 1.54) is 27.7 Å². The van der Waals surface area contributed by atoms with Gasteiger partial charge >= 0.3 is 0 Å². The van der Waals surface area contributed by atoms with Crippen molar-refractivity contribution in [2.75, 3.05) is 112 Å². The highest BCUT2D eigenvalue weighted by atomic mass is 16.7. The fourth-order valence-electron chi connectivity index (χ4n) is 12.9. The van der Waals surface area contributed by atoms with Gasteiger partial charge in [0.15, 0.2) is 25.2 Å². The fourth-order valence-corrected chi connectivity index (χ4v) is 12.9. The first-order chi connectivity index (χ1) is 53.9. The fraction of sp³-hybridized carbons (Fsp3) is 0.818. The molecule has 4 saturated heterocycles. The lowest BCUT2D eigenvalue weighted by atomic mass is 9.97. The number of nitrogens with one attached hydrogen (secondary N) is 4. The van der Waals surface area contributed by atoms with Gasteiger partial charge in [-0.05, 0) is 26.3 Å². The Morgan fingerprint density at radius 3 is 0.902 bits per heavy atom. The van der Waals surface area contributed by atoms with Crippen LogP contribution in [0.15, 0.2) is 24.8 Å². The maximum absolute atomic E-state index is 11.9. The first-order valence-corrected chi connectivity index (χ1v) is 37.2. The van der Waals surface area contributed by atoms with Gasteiger partial charge in [0, 0.05) is 84.7 Å². The van der Waals surface area contributed by atoms with Crippen LogP contribution in [0, 0.1) is 0 Å². The molecule has 634 valence electrons. The third-order valence-corrected chi connectivity index (χ3v) is 18.7. The molecule has 4 fully saturated rings. The summed E-state index contributed by atoms with van der Waals surface area (Å²) in [5.41, 5.74) is 2.60. The molecule has 4 aromatic heterocycles. The molecule has 8 heterocycles. The monoisotopic (exact) mass is 1600 g/mol. The second-order valence-electron chi connectivity index (χ2n) is 27.5. The third kappa shape index (κ3) is 28.1. The van der Waals surface area contributed by atoms with Crippen molar-refractivity contribution >= 4 is 23.6 Å². The van der Waals surface area contributed by atoms with Crippen molar-refractivity contribution in [3.05, 3.63) is 47.6 Å². The van der Waals surface area contributed by atoms with E-state index in [-0.39, 0.29) is 85.3 Å². The van der Waals surface area contributed by atoms with Gasteiger partial charge < -0.3 is 139 Å². The number of unbranched alkanes of at least 4 members (excludes halogenated alkanes) is 1. The second-order valence-corrected chi connectivity index (χ2v) is 27.5. The molecule has 4 aliphatic rings. The number of nitrogens with zero attached hydrogens (tertiary/aromatic N) is 14. The molecule has 21 atom stereocenters. The molecule has 112 heavy (non-hydrogen) atoms. The SMILES string of the molecule is CC(=O)N[C@H]1[C@H](OCCOCCn2cc(CN(CCCCC(C)N(Cc3cn(CCOCCO[C@@H]4O[C@H](CO)[C@H](O)[C@H](O)[C@H]4NC(C)=O)nn3)Cc3cn(CCOCCO[C@@H]4O[C@H](CO)[C@H](O)[C@H](O)[C@H]4NC(C)=O)nn3)Cc3cn(CCOCCO[C@@H]4O[C@H](CO)[C@H](O)[C@H](O)[C@H]4NC(C)=O)nn3)nn2)O[C@H](CO)[C@H](O)[C@@H]1O. The average molecular weight is 1610 g/mol. The smallest absolute Gasteiger partial charge is 0.217 e. The number of hydrogen-bond donors (Lipinski definition) is 16. The summed E-state index contributed by atoms with van der Waals surface area (Å²) < 4.78 is 75.5. The quantitative estimate of drug-likeness (QED) is 0.0183. The topological polar surface area (TPSA) is 599 Å². The van der Waals surface area contributed by atoms with Gasteiger partial charge in [-0.2, -0.15) is 0 Å². The number of aliphatic hydroxyl groups is 12. The minimum atomic E-state index is -1.46. The molecule has 8 rings (SSSR count). The van der Waals surface area contributed by atoms with E-state index in [2.05, 4.69) is 79.2 Å². The van der Waals surface area contributed by atoms with Gasteiger partial charge in [0.1, 0.15) is 97.4 Å². The summed E-state index contributed by atoms with van der Waals surface area (Å²) in [6.07, 6.45) is -11.5. The van der Waals surface area contributed by atoms with Gasteiger partial charge in [-0.3, -0.25) is 29.0 Å². The van der Waals surface area contributed by atoms with E-state index in [9.17, 15) is 80.5 Å². The van der Waals surface area contributed by atoms with Crippen molar-refractivity contribution < 1.29 is 137 Å². The molecule has 16 N–H and O–H groups in total. The zero-order valence-electron chi connectivity index (χ0n) is 63.4. The lowest BCUT2D eigenvalue weighted by molar-refractivity contribution is -0.272. The van der Waals surface area contributed by atoms with Crippen LogP contribution in [0.5, 0.6) is 0 Å². The number of amides is 4. The minimum Gasteiger partial charge on any atom is -0.394 e. The van der Waals surface area contributed by atoms with Crippen LogP contribution in [0.25, 0.3) is 0 Å². The van der Waals surface area contributed by atoms with Crippen molar-refractivity contribution in [1.82, 2.24) is 91.0 Å². The number of hydrogen-bond acceptors (Lipinski definition) is 38. The lowest BCUT2D eigenvalue weighted by Crippen LogP contribution is -2.64. The van der Waals surface area contributed by atoms with E-state index in [1.807, 2.05) is 12.4 Å². The molecular formula is C66H112N18O28. The van der Waals surface area contributed by atoms with Crippen LogP contribution < -0.4 is 21.3 Å². The molecule has 4 aromatic rings. The highest BCUT2D eigenvalue weighted by Gasteiger charge is 2.49. The average Bonchev–Trinajstić information content (AvgIpc) is 1.37. The van der Waals surface area contributed by atoms with Gasteiger partial charge in [-0.15, -0.1) is 20.4 Å². The Labute approximate surface area is 644 Å². The van der Waals surface area contributed by atoms with Gasteiger partial charge in [-0.1, -0.05) is 27.3 Å². The van der Waals surface area contributed by atoms with Crippen molar-refractivity contribution in [3.8, 4) is 0 Å². The number of aromatic nitrogens is 12. The number of rotatable bonds is 50. The molecule has 0 bridgehead atoms. The number of aliphatic hydroxyl groups excluding tert-OH is 12. The number of carbonyl (C=O) groups is 4. The van der Waals surface area contributed by atoms with Gasteiger partial charge in [0.25, 0.3) is 0 Å². The van der Waals surface area contributed by atoms with Gasteiger partial charge in [-0.25, -0.2) is 18.7 Å². The van der Waals surface area contributed by atoms with E-state index in [1.54, 1.807) is 31.1 Å². The van der Waals surface area contributed by atoms with E-state index < -0.39 is 173 Å². The first kappa shape index (κ1) is 90.9. The summed E-state index contributed by atoms with van der Waals surface area (Å²) in [6.45, 7) is 9.02. The van der Waals surface area contributed by atoms with Gasteiger partial charge in [0.05, 0.1) is 155 Å². The minimum absolute atomic E-state index is 0.0192. The Bertz CT molecular complexity index is 3180. The van der Waals surface area contributed by atoms with Crippen molar-refractivity contribution in [2.24, 2.45) is 0 Å². The Morgan fingerprint density at radius 1 is 0.393 bits per heavy atom. The normalized spacial score (nSPS) is 28.6. The summed E-state index contributed by atoms with van der Waals surface area (Å²) in [4.78, 5) is 51.9. The van der Waals surface area contributed by atoms with Crippen molar-refractivity contribution in [3.63, 3.8) is 0 Å². The van der Waals surface area contributed by atoms with E-state index in [0.29, 0.717) is 81.7 Å². The standard InChI is InChI=1S/C66H112N18O28/c1-38(80(28-45-32-83(77-73-45)12-16-103-20-24-107-65-53(69-41(4)91)61(99)57(95)49(36-87)111-65)29-46-33-84(78-74-46)13-17-104-21-25-108-66-54(70-42(5)92)62(100)58(96)50(37-88)112-66)8-6-7-9-79(26-43-30-81(75-71-43)10-14-101-18-22-105-63-51(67-39(2)89)59(97)55(93)47(34-85)109-63)27-44-31-82(76-72-44)11-15-102-19-23-106-64-52(68-40(3)90)60(98)56(94)48(35-86)110-64/h30-33,38,47-66,85-88,93-100H,6-29,34-37H2,1-5H3,(H,67,89)(H,68,90)(H,69,91)(H,70,92)/t38?,47-,48-,49-,50-,51-,52-,53-,54-,55+,56+,57+,58+,59-,60-,61-,62-,63-,64-,65-,66-/m1/s1. The zero-order valence-corrected chi connectivity index (χ0v) is 63.4. The predicted octanol–water partition coefficient (Wildman–Crippen LogP) is -9.78. The summed E-state index contributed by atoms with van der Waals surface area (Å²) in [7, 11) is 0. The van der Waals surface area contributed by atoms with E-state index >= 15 is 0 Å². The zero-order chi connectivity index (χ0) is 80.8. The van der Waals surface area contributed by atoms with Crippen molar-refractivity contribution in [2.45, 2.75) is 235 Å². The molecule has 46 nitrogen and oxygen atoms in total. The highest BCUT2D eigenvalue weighted by molar-refractivity contribution is 5.74. The van der Waals surface area contributed by atoms with Gasteiger partial charge in [0.2, 0.25) is 23.6 Å². The first-order valence-electron chi connectivity index (χ1n) is 37.2. The highest BCUT2D eigenvalue weighted by Crippen LogP contribution is 2.27.